The maximum absolute atomic E-state index is 12.6. The van der Waals surface area contributed by atoms with Crippen molar-refractivity contribution in [2.24, 2.45) is 0 Å². The molecule has 3 nitrogen and oxygen atoms in total. The van der Waals surface area contributed by atoms with Gasteiger partial charge in [-0.15, -0.1) is 0 Å². The van der Waals surface area contributed by atoms with Crippen LogP contribution in [0.2, 0.25) is 0 Å². The number of nitrogens with one attached hydrogen (secondary N) is 1. The molecule has 4 heteroatoms. The van der Waals surface area contributed by atoms with E-state index in [1.807, 2.05) is 6.92 Å². The second-order valence-corrected chi connectivity index (χ2v) is 3.98. The topological polar surface area (TPSA) is 49.3 Å². The number of carbonyl (C=O) groups is 1. The summed E-state index contributed by atoms with van der Waals surface area (Å²) in [6.07, 6.45) is 1.63. The highest BCUT2D eigenvalue weighted by Crippen LogP contribution is 2.05. The summed E-state index contributed by atoms with van der Waals surface area (Å²) in [7, 11) is 0. The van der Waals surface area contributed by atoms with Gasteiger partial charge >= 0.3 is 0 Å². The van der Waals surface area contributed by atoms with E-state index in [0.717, 1.165) is 5.56 Å². The molecule has 0 fully saturated rings. The van der Waals surface area contributed by atoms with Gasteiger partial charge in [-0.3, -0.25) is 4.79 Å². The summed E-state index contributed by atoms with van der Waals surface area (Å²) in [6, 6.07) is 5.94. The minimum atomic E-state index is -0.274. The van der Waals surface area contributed by atoms with E-state index in [0.29, 0.717) is 19.3 Å². The van der Waals surface area contributed by atoms with E-state index >= 15 is 0 Å². The lowest BCUT2D eigenvalue weighted by Gasteiger charge is -2.13. The number of hydrogen-bond donors (Lipinski definition) is 2. The van der Waals surface area contributed by atoms with Crippen LogP contribution in [0.5, 0.6) is 0 Å². The number of hydrogen-bond acceptors (Lipinski definition) is 2. The largest absolute Gasteiger partial charge is 0.394 e. The van der Waals surface area contributed by atoms with Crippen molar-refractivity contribution >= 4 is 5.91 Å². The molecule has 94 valence electrons. The molecule has 1 aromatic rings. The fourth-order valence-electron chi connectivity index (χ4n) is 1.49. The standard InChI is InChI=1S/C13H18FNO2/c1-2-12(9-16)15-13(17)8-5-10-3-6-11(14)7-4-10/h3-4,6-7,12,16H,2,5,8-9H2,1H3,(H,15,17)/t12-/m1/s1. The molecule has 0 heterocycles. The highest BCUT2D eigenvalue weighted by atomic mass is 19.1. The Morgan fingerprint density at radius 2 is 2.06 bits per heavy atom. The van der Waals surface area contributed by atoms with Crippen molar-refractivity contribution in [3.8, 4) is 0 Å². The average molecular weight is 239 g/mol. The minimum absolute atomic E-state index is 0.0429. The second-order valence-electron chi connectivity index (χ2n) is 3.98. The lowest BCUT2D eigenvalue weighted by atomic mass is 10.1. The number of benzene rings is 1. The molecule has 0 aromatic heterocycles. The quantitative estimate of drug-likeness (QED) is 0.793. The average Bonchev–Trinajstić information content (AvgIpc) is 2.35. The van der Waals surface area contributed by atoms with Gasteiger partial charge in [-0.2, -0.15) is 0 Å². The van der Waals surface area contributed by atoms with E-state index < -0.39 is 0 Å². The van der Waals surface area contributed by atoms with Crippen molar-refractivity contribution in [3.05, 3.63) is 35.6 Å². The predicted molar refractivity (Wildman–Crippen MR) is 64.0 cm³/mol. The van der Waals surface area contributed by atoms with E-state index in [4.69, 9.17) is 5.11 Å². The molecule has 0 saturated carbocycles. The van der Waals surface area contributed by atoms with E-state index in [2.05, 4.69) is 5.32 Å². The summed E-state index contributed by atoms with van der Waals surface area (Å²) < 4.78 is 12.6. The molecular weight excluding hydrogens is 221 g/mol. The Morgan fingerprint density at radius 3 is 2.59 bits per heavy atom. The summed E-state index contributed by atoms with van der Waals surface area (Å²) in [5.74, 6) is -0.361. The van der Waals surface area contributed by atoms with Crippen LogP contribution in [0, 0.1) is 5.82 Å². The molecule has 0 aliphatic carbocycles. The van der Waals surface area contributed by atoms with E-state index in [1.165, 1.54) is 12.1 Å². The van der Waals surface area contributed by atoms with Crippen LogP contribution in [0.3, 0.4) is 0 Å². The van der Waals surface area contributed by atoms with Gasteiger partial charge in [0.1, 0.15) is 5.82 Å². The second kappa shape index (κ2) is 7.01. The van der Waals surface area contributed by atoms with Crippen molar-refractivity contribution < 1.29 is 14.3 Å². The Hall–Kier alpha value is -1.42. The zero-order valence-corrected chi connectivity index (χ0v) is 9.95. The monoisotopic (exact) mass is 239 g/mol. The zero-order valence-electron chi connectivity index (χ0n) is 9.95. The third kappa shape index (κ3) is 4.95. The van der Waals surface area contributed by atoms with Gasteiger partial charge in [-0.05, 0) is 30.5 Å². The summed E-state index contributed by atoms with van der Waals surface area (Å²) in [4.78, 5) is 11.5. The fourth-order valence-corrected chi connectivity index (χ4v) is 1.49. The van der Waals surface area contributed by atoms with Gasteiger partial charge in [0.15, 0.2) is 0 Å². The van der Waals surface area contributed by atoms with Gasteiger partial charge in [-0.1, -0.05) is 19.1 Å². The minimum Gasteiger partial charge on any atom is -0.394 e. The van der Waals surface area contributed by atoms with Gasteiger partial charge in [0.2, 0.25) is 5.91 Å². The summed E-state index contributed by atoms with van der Waals surface area (Å²) in [5, 5.41) is 11.7. The van der Waals surface area contributed by atoms with Gasteiger partial charge in [-0.25, -0.2) is 4.39 Å². The smallest absolute Gasteiger partial charge is 0.220 e. The summed E-state index contributed by atoms with van der Waals surface area (Å²) in [5.41, 5.74) is 0.929. The Balaban J connectivity index is 2.35. The molecule has 2 N–H and O–H groups in total. The lowest BCUT2D eigenvalue weighted by Crippen LogP contribution is -2.36. The van der Waals surface area contributed by atoms with Crippen LogP contribution in [0.1, 0.15) is 25.3 Å². The zero-order chi connectivity index (χ0) is 12.7. The van der Waals surface area contributed by atoms with Gasteiger partial charge in [0.05, 0.1) is 12.6 Å². The van der Waals surface area contributed by atoms with Crippen LogP contribution < -0.4 is 5.32 Å². The van der Waals surface area contributed by atoms with Crippen molar-refractivity contribution in [1.82, 2.24) is 5.32 Å². The van der Waals surface area contributed by atoms with Crippen molar-refractivity contribution in [2.45, 2.75) is 32.2 Å². The van der Waals surface area contributed by atoms with E-state index in [1.54, 1.807) is 12.1 Å². The Morgan fingerprint density at radius 1 is 1.41 bits per heavy atom. The number of carbonyl (C=O) groups excluding carboxylic acids is 1. The number of amides is 1. The molecule has 1 rings (SSSR count). The molecule has 0 radical (unpaired) electrons. The molecule has 0 bridgehead atoms. The van der Waals surface area contributed by atoms with Gasteiger partial charge in [0.25, 0.3) is 0 Å². The van der Waals surface area contributed by atoms with Crippen LogP contribution >= 0.6 is 0 Å². The maximum atomic E-state index is 12.6. The molecule has 1 aromatic carbocycles. The number of aryl methyl sites for hydroxylation is 1. The third-order valence-corrected chi connectivity index (χ3v) is 2.63. The fraction of sp³-hybridized carbons (Fsp3) is 0.462. The first-order valence-corrected chi connectivity index (χ1v) is 5.80. The van der Waals surface area contributed by atoms with Gasteiger partial charge < -0.3 is 10.4 Å². The molecule has 0 aliphatic heterocycles. The normalized spacial score (nSPS) is 12.2. The number of halogens is 1. The predicted octanol–water partition coefficient (Wildman–Crippen LogP) is 1.65. The first-order chi connectivity index (χ1) is 8.15. The number of rotatable bonds is 6. The molecule has 0 spiro atoms. The first-order valence-electron chi connectivity index (χ1n) is 5.80. The van der Waals surface area contributed by atoms with Crippen LogP contribution in [-0.2, 0) is 11.2 Å². The molecule has 0 unspecified atom stereocenters. The lowest BCUT2D eigenvalue weighted by molar-refractivity contribution is -0.122. The Bertz CT molecular complexity index is 347. The van der Waals surface area contributed by atoms with Gasteiger partial charge in [0, 0.05) is 6.42 Å². The Labute approximate surface area is 101 Å². The van der Waals surface area contributed by atoms with Crippen molar-refractivity contribution in [3.63, 3.8) is 0 Å². The molecule has 17 heavy (non-hydrogen) atoms. The first kappa shape index (κ1) is 13.6. The highest BCUT2D eigenvalue weighted by molar-refractivity contribution is 5.76. The van der Waals surface area contributed by atoms with Crippen LogP contribution in [0.25, 0.3) is 0 Å². The van der Waals surface area contributed by atoms with E-state index in [9.17, 15) is 9.18 Å². The van der Waals surface area contributed by atoms with Crippen LogP contribution in [0.4, 0.5) is 4.39 Å². The van der Waals surface area contributed by atoms with Crippen LogP contribution in [0.15, 0.2) is 24.3 Å². The van der Waals surface area contributed by atoms with Crippen LogP contribution in [-0.4, -0.2) is 23.7 Å². The molecule has 1 atom stereocenters. The van der Waals surface area contributed by atoms with Crippen molar-refractivity contribution in [1.29, 1.82) is 0 Å². The summed E-state index contributed by atoms with van der Waals surface area (Å²) >= 11 is 0. The number of aliphatic hydroxyl groups is 1. The van der Waals surface area contributed by atoms with Crippen molar-refractivity contribution in [2.75, 3.05) is 6.61 Å². The maximum Gasteiger partial charge on any atom is 0.220 e. The summed E-state index contributed by atoms with van der Waals surface area (Å²) in [6.45, 7) is 1.86. The molecule has 0 saturated heterocycles. The number of aliphatic hydroxyl groups excluding tert-OH is 1. The molecule has 1 amide bonds. The molecular formula is C13H18FNO2. The SMILES string of the molecule is CC[C@H](CO)NC(=O)CCc1ccc(F)cc1. The Kier molecular flexibility index (Phi) is 5.63. The highest BCUT2D eigenvalue weighted by Gasteiger charge is 2.08. The third-order valence-electron chi connectivity index (χ3n) is 2.63. The molecule has 0 aliphatic rings. The van der Waals surface area contributed by atoms with E-state index in [-0.39, 0.29) is 24.4 Å².